The molecule has 27 heavy (non-hydrogen) atoms. The molecule has 0 unspecified atom stereocenters. The molecule has 7 heteroatoms. The van der Waals surface area contributed by atoms with Gasteiger partial charge < -0.3 is 19.7 Å². The Morgan fingerprint density at radius 2 is 1.81 bits per heavy atom. The summed E-state index contributed by atoms with van der Waals surface area (Å²) in [6.45, 7) is 4.94. The topological polar surface area (TPSA) is 67.9 Å². The van der Waals surface area contributed by atoms with Crippen molar-refractivity contribution >= 4 is 23.4 Å². The van der Waals surface area contributed by atoms with Gasteiger partial charge in [0.25, 0.3) is 0 Å². The minimum atomic E-state index is -0.581. The van der Waals surface area contributed by atoms with E-state index >= 15 is 0 Å². The smallest absolute Gasteiger partial charge is 0.227 e. The first-order chi connectivity index (χ1) is 12.8. The number of carbonyl (C=O) groups is 2. The SMILES string of the molecule is COc1ccc(CC(=O)N2CCC(NC(=O)C(C)(C)CCl)CC2)cc1OC. The number of hydrogen-bond donors (Lipinski definition) is 1. The van der Waals surface area contributed by atoms with Gasteiger partial charge in [-0.3, -0.25) is 9.59 Å². The Labute approximate surface area is 166 Å². The third-order valence-corrected chi connectivity index (χ3v) is 5.60. The van der Waals surface area contributed by atoms with Gasteiger partial charge in [-0.2, -0.15) is 0 Å². The largest absolute Gasteiger partial charge is 0.493 e. The molecule has 1 N–H and O–H groups in total. The molecule has 0 aliphatic carbocycles. The fourth-order valence-corrected chi connectivity index (χ4v) is 3.11. The molecule has 1 fully saturated rings. The molecule has 2 amide bonds. The molecular weight excluding hydrogens is 368 g/mol. The molecule has 1 aliphatic rings. The predicted molar refractivity (Wildman–Crippen MR) is 105 cm³/mol. The van der Waals surface area contributed by atoms with E-state index in [-0.39, 0.29) is 23.7 Å². The van der Waals surface area contributed by atoms with Crippen LogP contribution in [0.4, 0.5) is 0 Å². The van der Waals surface area contributed by atoms with Crippen LogP contribution in [0.1, 0.15) is 32.3 Å². The van der Waals surface area contributed by atoms with Crippen molar-refractivity contribution in [2.24, 2.45) is 5.41 Å². The van der Waals surface area contributed by atoms with Crippen LogP contribution in [0.15, 0.2) is 18.2 Å². The van der Waals surface area contributed by atoms with Crippen LogP contribution in [-0.2, 0) is 16.0 Å². The molecule has 6 nitrogen and oxygen atoms in total. The molecule has 0 radical (unpaired) electrons. The van der Waals surface area contributed by atoms with E-state index in [0.717, 1.165) is 18.4 Å². The Bertz CT molecular complexity index is 670. The summed E-state index contributed by atoms with van der Waals surface area (Å²) in [5.41, 5.74) is 0.305. The van der Waals surface area contributed by atoms with Gasteiger partial charge in [0.05, 0.1) is 26.1 Å². The number of methoxy groups -OCH3 is 2. The maximum atomic E-state index is 12.6. The highest BCUT2D eigenvalue weighted by molar-refractivity contribution is 6.19. The standard InChI is InChI=1S/C20H29ClN2O4/c1-20(2,13-21)19(25)22-15-7-9-23(10-8-15)18(24)12-14-5-6-16(26-3)17(11-14)27-4/h5-6,11,15H,7-10,12-13H2,1-4H3,(H,22,25). The molecule has 2 rings (SSSR count). The van der Waals surface area contributed by atoms with E-state index in [9.17, 15) is 9.59 Å². The van der Waals surface area contributed by atoms with Gasteiger partial charge >= 0.3 is 0 Å². The van der Waals surface area contributed by atoms with Gasteiger partial charge in [-0.25, -0.2) is 0 Å². The first kappa shape index (κ1) is 21.4. The molecule has 1 aromatic rings. The second-order valence-electron chi connectivity index (χ2n) is 7.51. The lowest BCUT2D eigenvalue weighted by atomic mass is 9.93. The number of halogens is 1. The van der Waals surface area contributed by atoms with Crippen LogP contribution in [0.25, 0.3) is 0 Å². The molecule has 0 aromatic heterocycles. The van der Waals surface area contributed by atoms with Crippen molar-refractivity contribution in [3.8, 4) is 11.5 Å². The summed E-state index contributed by atoms with van der Waals surface area (Å²) in [5.74, 6) is 1.58. The van der Waals surface area contributed by atoms with E-state index in [4.69, 9.17) is 21.1 Å². The van der Waals surface area contributed by atoms with E-state index in [1.165, 1.54) is 0 Å². The van der Waals surface area contributed by atoms with Crippen molar-refractivity contribution in [2.45, 2.75) is 39.2 Å². The Balaban J connectivity index is 1.87. The van der Waals surface area contributed by atoms with Crippen LogP contribution >= 0.6 is 11.6 Å². The van der Waals surface area contributed by atoms with Crippen molar-refractivity contribution < 1.29 is 19.1 Å². The summed E-state index contributed by atoms with van der Waals surface area (Å²) < 4.78 is 10.5. The lowest BCUT2D eigenvalue weighted by molar-refractivity contribution is -0.132. The molecule has 1 heterocycles. The highest BCUT2D eigenvalue weighted by Gasteiger charge is 2.30. The average molecular weight is 397 g/mol. The zero-order valence-electron chi connectivity index (χ0n) is 16.5. The van der Waals surface area contributed by atoms with Crippen molar-refractivity contribution in [3.63, 3.8) is 0 Å². The zero-order valence-corrected chi connectivity index (χ0v) is 17.3. The molecule has 1 saturated heterocycles. The van der Waals surface area contributed by atoms with E-state index in [1.807, 2.05) is 36.9 Å². The molecule has 1 aromatic carbocycles. The van der Waals surface area contributed by atoms with Crippen LogP contribution in [0.3, 0.4) is 0 Å². The number of ether oxygens (including phenoxy) is 2. The number of benzene rings is 1. The number of hydrogen-bond acceptors (Lipinski definition) is 4. The van der Waals surface area contributed by atoms with E-state index < -0.39 is 5.41 Å². The Morgan fingerprint density at radius 3 is 2.37 bits per heavy atom. The number of nitrogens with one attached hydrogen (secondary N) is 1. The molecule has 0 bridgehead atoms. The monoisotopic (exact) mass is 396 g/mol. The van der Waals surface area contributed by atoms with Crippen molar-refractivity contribution in [1.29, 1.82) is 0 Å². The maximum absolute atomic E-state index is 12.6. The summed E-state index contributed by atoms with van der Waals surface area (Å²) in [6.07, 6.45) is 1.82. The van der Waals surface area contributed by atoms with E-state index in [1.54, 1.807) is 14.2 Å². The van der Waals surface area contributed by atoms with Gasteiger partial charge in [0.15, 0.2) is 11.5 Å². The Morgan fingerprint density at radius 1 is 1.19 bits per heavy atom. The quantitative estimate of drug-likeness (QED) is 0.719. The highest BCUT2D eigenvalue weighted by Crippen LogP contribution is 2.28. The van der Waals surface area contributed by atoms with Crippen LogP contribution < -0.4 is 14.8 Å². The van der Waals surface area contributed by atoms with Crippen molar-refractivity contribution in [3.05, 3.63) is 23.8 Å². The van der Waals surface area contributed by atoms with Gasteiger partial charge in [-0.05, 0) is 44.4 Å². The maximum Gasteiger partial charge on any atom is 0.227 e. The second-order valence-corrected chi connectivity index (χ2v) is 7.78. The fraction of sp³-hybridized carbons (Fsp3) is 0.600. The molecule has 1 aliphatic heterocycles. The minimum absolute atomic E-state index is 0.0346. The summed E-state index contributed by atoms with van der Waals surface area (Å²) in [7, 11) is 3.16. The number of rotatable bonds is 7. The van der Waals surface area contributed by atoms with E-state index in [2.05, 4.69) is 5.32 Å². The average Bonchev–Trinajstić information content (AvgIpc) is 2.68. The van der Waals surface area contributed by atoms with Crippen molar-refractivity contribution in [2.75, 3.05) is 33.2 Å². The lowest BCUT2D eigenvalue weighted by Gasteiger charge is -2.34. The van der Waals surface area contributed by atoms with Crippen molar-refractivity contribution in [1.82, 2.24) is 10.2 Å². The predicted octanol–water partition coefficient (Wildman–Crippen LogP) is 2.62. The van der Waals surface area contributed by atoms with Crippen LogP contribution in [0, 0.1) is 5.41 Å². The first-order valence-corrected chi connectivity index (χ1v) is 9.69. The fourth-order valence-electron chi connectivity index (χ4n) is 2.99. The molecule has 0 spiro atoms. The molecule has 0 atom stereocenters. The normalized spacial score (nSPS) is 15.4. The van der Waals surface area contributed by atoms with Crippen LogP contribution in [0.5, 0.6) is 11.5 Å². The summed E-state index contributed by atoms with van der Waals surface area (Å²) in [5, 5.41) is 3.06. The van der Waals surface area contributed by atoms with Gasteiger partial charge in [-0.1, -0.05) is 6.07 Å². The third-order valence-electron chi connectivity index (χ3n) is 4.93. The molecule has 150 valence electrons. The lowest BCUT2D eigenvalue weighted by Crippen LogP contribution is -2.50. The molecular formula is C20H29ClN2O4. The van der Waals surface area contributed by atoms with Gasteiger partial charge in [0, 0.05) is 25.0 Å². The number of amides is 2. The number of alkyl halides is 1. The number of likely N-dealkylation sites (tertiary alicyclic amines) is 1. The molecule has 0 saturated carbocycles. The van der Waals surface area contributed by atoms with Gasteiger partial charge in [0.1, 0.15) is 0 Å². The summed E-state index contributed by atoms with van der Waals surface area (Å²) in [4.78, 5) is 26.7. The van der Waals surface area contributed by atoms with E-state index in [0.29, 0.717) is 31.0 Å². The Hall–Kier alpha value is -1.95. The highest BCUT2D eigenvalue weighted by atomic mass is 35.5. The van der Waals surface area contributed by atoms with Crippen LogP contribution in [-0.4, -0.2) is 55.9 Å². The summed E-state index contributed by atoms with van der Waals surface area (Å²) >= 11 is 5.86. The zero-order chi connectivity index (χ0) is 20.0. The summed E-state index contributed by atoms with van der Waals surface area (Å²) in [6, 6.07) is 5.60. The number of carbonyl (C=O) groups excluding carboxylic acids is 2. The number of nitrogens with zero attached hydrogens (tertiary/aromatic N) is 1. The van der Waals surface area contributed by atoms with Gasteiger partial charge in [0.2, 0.25) is 11.8 Å². The first-order valence-electron chi connectivity index (χ1n) is 9.16. The number of piperidine rings is 1. The van der Waals surface area contributed by atoms with Gasteiger partial charge in [-0.15, -0.1) is 11.6 Å². The van der Waals surface area contributed by atoms with Crippen LogP contribution in [0.2, 0.25) is 0 Å². The Kier molecular flexibility index (Phi) is 7.36. The second kappa shape index (κ2) is 9.31. The minimum Gasteiger partial charge on any atom is -0.493 e. The third kappa shape index (κ3) is 5.51.